The lowest BCUT2D eigenvalue weighted by molar-refractivity contribution is -0.384. The summed E-state index contributed by atoms with van der Waals surface area (Å²) in [5, 5.41) is 14.8. The fourth-order valence-corrected chi connectivity index (χ4v) is 2.11. The molecule has 0 aliphatic rings. The van der Waals surface area contributed by atoms with E-state index < -0.39 is 4.92 Å². The third-order valence-electron chi connectivity index (χ3n) is 3.16. The second kappa shape index (κ2) is 6.29. The van der Waals surface area contributed by atoms with Crippen LogP contribution in [0.25, 0.3) is 10.9 Å². The summed E-state index contributed by atoms with van der Waals surface area (Å²) in [5.74, 6) is 0.746. The molecule has 20 heavy (non-hydrogen) atoms. The Morgan fingerprint density at radius 2 is 2.20 bits per heavy atom. The van der Waals surface area contributed by atoms with Crippen LogP contribution in [-0.2, 0) is 0 Å². The van der Waals surface area contributed by atoms with E-state index in [1.54, 1.807) is 6.07 Å². The molecule has 1 heterocycles. The molecule has 0 amide bonds. The molecule has 1 aromatic heterocycles. The van der Waals surface area contributed by atoms with E-state index in [4.69, 9.17) is 5.73 Å². The summed E-state index contributed by atoms with van der Waals surface area (Å²) in [6, 6.07) is 8.50. The van der Waals surface area contributed by atoms with Crippen molar-refractivity contribution in [2.24, 2.45) is 5.73 Å². The predicted octanol–water partition coefficient (Wildman–Crippen LogP) is 2.68. The number of anilines is 1. The zero-order valence-electron chi connectivity index (χ0n) is 11.4. The van der Waals surface area contributed by atoms with Crippen molar-refractivity contribution < 1.29 is 4.92 Å². The third kappa shape index (κ3) is 3.21. The van der Waals surface area contributed by atoms with Crippen molar-refractivity contribution >= 4 is 22.4 Å². The van der Waals surface area contributed by atoms with Crippen LogP contribution in [0.1, 0.15) is 19.8 Å². The van der Waals surface area contributed by atoms with Crippen LogP contribution in [0.4, 0.5) is 11.5 Å². The molecular formula is C14H18N4O2. The number of rotatable bonds is 6. The summed E-state index contributed by atoms with van der Waals surface area (Å²) in [4.78, 5) is 14.8. The van der Waals surface area contributed by atoms with Crippen molar-refractivity contribution in [2.75, 3.05) is 11.9 Å². The molecule has 106 valence electrons. The van der Waals surface area contributed by atoms with E-state index in [2.05, 4.69) is 17.2 Å². The summed E-state index contributed by atoms with van der Waals surface area (Å²) >= 11 is 0. The van der Waals surface area contributed by atoms with Gasteiger partial charge in [-0.05, 0) is 24.6 Å². The second-order valence-corrected chi connectivity index (χ2v) is 4.70. The minimum absolute atomic E-state index is 0.0748. The van der Waals surface area contributed by atoms with Gasteiger partial charge in [-0.1, -0.05) is 13.3 Å². The molecule has 0 fully saturated rings. The Morgan fingerprint density at radius 1 is 1.40 bits per heavy atom. The lowest BCUT2D eigenvalue weighted by atomic mass is 10.1. The molecule has 1 unspecified atom stereocenters. The van der Waals surface area contributed by atoms with Gasteiger partial charge in [0.2, 0.25) is 0 Å². The molecular weight excluding hydrogens is 256 g/mol. The first-order valence-corrected chi connectivity index (χ1v) is 6.66. The molecule has 0 saturated carbocycles. The van der Waals surface area contributed by atoms with Crippen LogP contribution in [0.3, 0.4) is 0 Å². The van der Waals surface area contributed by atoms with Gasteiger partial charge in [0.05, 0.1) is 10.4 Å². The highest BCUT2D eigenvalue weighted by atomic mass is 16.6. The minimum Gasteiger partial charge on any atom is -0.366 e. The van der Waals surface area contributed by atoms with E-state index in [0.29, 0.717) is 6.54 Å². The van der Waals surface area contributed by atoms with Gasteiger partial charge in [0.1, 0.15) is 5.82 Å². The number of nitro benzene ring substituents is 1. The number of non-ortho nitro benzene ring substituents is 1. The van der Waals surface area contributed by atoms with Crippen LogP contribution in [0.5, 0.6) is 0 Å². The summed E-state index contributed by atoms with van der Waals surface area (Å²) in [7, 11) is 0. The Labute approximate surface area is 117 Å². The molecule has 0 bridgehead atoms. The summed E-state index contributed by atoms with van der Waals surface area (Å²) in [5.41, 5.74) is 6.51. The van der Waals surface area contributed by atoms with Crippen LogP contribution in [0, 0.1) is 10.1 Å². The lowest BCUT2D eigenvalue weighted by Gasteiger charge is -2.16. The van der Waals surface area contributed by atoms with Gasteiger partial charge in [0.25, 0.3) is 5.69 Å². The Balaban J connectivity index is 2.25. The number of nitro groups is 1. The second-order valence-electron chi connectivity index (χ2n) is 4.70. The first-order chi connectivity index (χ1) is 9.63. The first kappa shape index (κ1) is 14.2. The normalized spacial score (nSPS) is 12.3. The summed E-state index contributed by atoms with van der Waals surface area (Å²) in [6.07, 6.45) is 2.03. The molecule has 0 radical (unpaired) electrons. The molecule has 6 heteroatoms. The number of nitrogens with zero attached hydrogens (tertiary/aromatic N) is 2. The third-order valence-corrected chi connectivity index (χ3v) is 3.16. The average molecular weight is 274 g/mol. The average Bonchev–Trinajstić information content (AvgIpc) is 2.46. The van der Waals surface area contributed by atoms with E-state index in [9.17, 15) is 10.1 Å². The topological polar surface area (TPSA) is 94.1 Å². The molecule has 3 N–H and O–H groups in total. The lowest BCUT2D eigenvalue weighted by Crippen LogP contribution is -2.28. The highest BCUT2D eigenvalue weighted by Gasteiger charge is 2.09. The fourth-order valence-electron chi connectivity index (χ4n) is 2.11. The molecule has 2 aromatic rings. The largest absolute Gasteiger partial charge is 0.366 e. The maximum Gasteiger partial charge on any atom is 0.270 e. The van der Waals surface area contributed by atoms with Gasteiger partial charge in [-0.3, -0.25) is 10.1 Å². The van der Waals surface area contributed by atoms with Crippen molar-refractivity contribution in [1.29, 1.82) is 0 Å². The number of hydrogen-bond acceptors (Lipinski definition) is 5. The smallest absolute Gasteiger partial charge is 0.270 e. The van der Waals surface area contributed by atoms with E-state index >= 15 is 0 Å². The SMILES string of the molecule is CCCC(CN)Nc1ccc2cc([N+](=O)[O-])ccc2n1. The monoisotopic (exact) mass is 274 g/mol. The van der Waals surface area contributed by atoms with Crippen molar-refractivity contribution in [2.45, 2.75) is 25.8 Å². The van der Waals surface area contributed by atoms with Gasteiger partial charge >= 0.3 is 0 Å². The van der Waals surface area contributed by atoms with Crippen molar-refractivity contribution in [3.63, 3.8) is 0 Å². The number of aromatic nitrogens is 1. The Morgan fingerprint density at radius 3 is 2.85 bits per heavy atom. The number of fused-ring (bicyclic) bond motifs is 1. The zero-order chi connectivity index (χ0) is 14.5. The summed E-state index contributed by atoms with van der Waals surface area (Å²) in [6.45, 7) is 2.66. The minimum atomic E-state index is -0.405. The van der Waals surface area contributed by atoms with Crippen LogP contribution >= 0.6 is 0 Å². The van der Waals surface area contributed by atoms with E-state index in [1.165, 1.54) is 12.1 Å². The van der Waals surface area contributed by atoms with Gasteiger partial charge in [0, 0.05) is 30.1 Å². The van der Waals surface area contributed by atoms with Gasteiger partial charge in [-0.25, -0.2) is 4.98 Å². The van der Waals surface area contributed by atoms with Crippen molar-refractivity contribution in [3.05, 3.63) is 40.4 Å². The van der Waals surface area contributed by atoms with Crippen LogP contribution in [0.15, 0.2) is 30.3 Å². The molecule has 0 spiro atoms. The summed E-state index contributed by atoms with van der Waals surface area (Å²) < 4.78 is 0. The Hall–Kier alpha value is -2.21. The van der Waals surface area contributed by atoms with Crippen LogP contribution in [0.2, 0.25) is 0 Å². The van der Waals surface area contributed by atoms with Crippen LogP contribution in [-0.4, -0.2) is 22.5 Å². The zero-order valence-corrected chi connectivity index (χ0v) is 11.4. The quantitative estimate of drug-likeness (QED) is 0.624. The number of benzene rings is 1. The molecule has 0 aliphatic heterocycles. The Bertz CT molecular complexity index is 615. The Kier molecular flexibility index (Phi) is 4.47. The number of hydrogen-bond donors (Lipinski definition) is 2. The highest BCUT2D eigenvalue weighted by molar-refractivity contribution is 5.82. The van der Waals surface area contributed by atoms with E-state index in [0.717, 1.165) is 29.6 Å². The maximum absolute atomic E-state index is 10.7. The molecule has 0 saturated heterocycles. The maximum atomic E-state index is 10.7. The first-order valence-electron chi connectivity index (χ1n) is 6.66. The van der Waals surface area contributed by atoms with Gasteiger partial charge < -0.3 is 11.1 Å². The number of nitrogens with two attached hydrogens (primary N) is 1. The van der Waals surface area contributed by atoms with Gasteiger partial charge in [-0.2, -0.15) is 0 Å². The predicted molar refractivity (Wildman–Crippen MR) is 79.8 cm³/mol. The van der Waals surface area contributed by atoms with Gasteiger partial charge in [0.15, 0.2) is 0 Å². The van der Waals surface area contributed by atoms with Gasteiger partial charge in [-0.15, -0.1) is 0 Å². The number of nitrogens with one attached hydrogen (secondary N) is 1. The molecule has 1 atom stereocenters. The highest BCUT2D eigenvalue weighted by Crippen LogP contribution is 2.21. The molecule has 6 nitrogen and oxygen atoms in total. The standard InChI is InChI=1S/C14H18N4O2/c1-2-3-11(9-15)16-14-7-4-10-8-12(18(19)20)5-6-13(10)17-14/h4-8,11H,2-3,9,15H2,1H3,(H,16,17). The fraction of sp³-hybridized carbons (Fsp3) is 0.357. The van der Waals surface area contributed by atoms with E-state index in [1.807, 2.05) is 12.1 Å². The van der Waals surface area contributed by atoms with Crippen molar-refractivity contribution in [1.82, 2.24) is 4.98 Å². The molecule has 2 rings (SSSR count). The van der Waals surface area contributed by atoms with Crippen molar-refractivity contribution in [3.8, 4) is 0 Å². The number of pyridine rings is 1. The molecule has 1 aromatic carbocycles. The van der Waals surface area contributed by atoms with E-state index in [-0.39, 0.29) is 11.7 Å². The molecule has 0 aliphatic carbocycles. The van der Waals surface area contributed by atoms with Crippen LogP contribution < -0.4 is 11.1 Å².